The Morgan fingerprint density at radius 2 is 2.24 bits per heavy atom. The minimum absolute atomic E-state index is 0. The smallest absolute Gasteiger partial charge is 0.283 e. The van der Waals surface area contributed by atoms with Crippen molar-refractivity contribution in [2.75, 3.05) is 19.6 Å². The van der Waals surface area contributed by atoms with Crippen molar-refractivity contribution < 1.29 is 9.72 Å². The summed E-state index contributed by atoms with van der Waals surface area (Å²) in [6.07, 6.45) is 0.802. The van der Waals surface area contributed by atoms with Crippen LogP contribution in [0.15, 0.2) is 18.2 Å². The van der Waals surface area contributed by atoms with E-state index in [0.717, 1.165) is 6.42 Å². The summed E-state index contributed by atoms with van der Waals surface area (Å²) < 4.78 is 0. The molecule has 116 valence electrons. The number of carbonyl (C=O) groups is 1. The normalized spacial score (nSPS) is 21.0. The Hall–Kier alpha value is -1.37. The highest BCUT2D eigenvalue weighted by Crippen LogP contribution is 2.31. The Morgan fingerprint density at radius 3 is 2.76 bits per heavy atom. The number of benzene rings is 1. The van der Waals surface area contributed by atoms with Crippen LogP contribution in [-0.4, -0.2) is 35.4 Å². The number of amides is 1. The maximum atomic E-state index is 12.4. The van der Waals surface area contributed by atoms with Crippen molar-refractivity contribution in [1.82, 2.24) is 4.90 Å². The number of hydrogen-bond donors (Lipinski definition) is 1. The van der Waals surface area contributed by atoms with Gasteiger partial charge >= 0.3 is 0 Å². The molecular formula is C13H17Cl2N3O3. The summed E-state index contributed by atoms with van der Waals surface area (Å²) in [6.45, 7) is 3.57. The lowest BCUT2D eigenvalue weighted by molar-refractivity contribution is -0.385. The third-order valence-electron chi connectivity index (χ3n) is 3.72. The zero-order valence-corrected chi connectivity index (χ0v) is 13.1. The molecule has 1 saturated heterocycles. The van der Waals surface area contributed by atoms with Gasteiger partial charge in [0.05, 0.1) is 4.92 Å². The molecule has 0 radical (unpaired) electrons. The largest absolute Gasteiger partial charge is 0.338 e. The van der Waals surface area contributed by atoms with E-state index in [-0.39, 0.29) is 40.0 Å². The lowest BCUT2D eigenvalue weighted by Crippen LogP contribution is -2.34. The number of carbonyl (C=O) groups excluding carboxylic acids is 1. The first kappa shape index (κ1) is 17.7. The second-order valence-electron chi connectivity index (χ2n) is 5.41. The second kappa shape index (κ2) is 6.60. The van der Waals surface area contributed by atoms with Gasteiger partial charge in [-0.15, -0.1) is 12.4 Å². The predicted octanol–water partition coefficient (Wildman–Crippen LogP) is 2.48. The van der Waals surface area contributed by atoms with Gasteiger partial charge in [0.2, 0.25) is 0 Å². The van der Waals surface area contributed by atoms with Gasteiger partial charge in [-0.1, -0.05) is 18.5 Å². The van der Waals surface area contributed by atoms with Crippen LogP contribution in [0.5, 0.6) is 0 Å². The summed E-state index contributed by atoms with van der Waals surface area (Å²) in [6, 6.07) is 4.09. The molecule has 1 aromatic rings. The van der Waals surface area contributed by atoms with Crippen LogP contribution in [-0.2, 0) is 0 Å². The molecule has 1 heterocycles. The van der Waals surface area contributed by atoms with E-state index in [2.05, 4.69) is 0 Å². The molecule has 0 saturated carbocycles. The molecule has 0 aliphatic carbocycles. The van der Waals surface area contributed by atoms with E-state index in [1.807, 2.05) is 6.92 Å². The zero-order valence-electron chi connectivity index (χ0n) is 11.5. The lowest BCUT2D eigenvalue weighted by Gasteiger charge is -2.22. The van der Waals surface area contributed by atoms with Crippen LogP contribution >= 0.6 is 24.0 Å². The topological polar surface area (TPSA) is 89.5 Å². The highest BCUT2D eigenvalue weighted by molar-refractivity contribution is 6.31. The molecule has 21 heavy (non-hydrogen) atoms. The van der Waals surface area contributed by atoms with E-state index in [4.69, 9.17) is 17.3 Å². The van der Waals surface area contributed by atoms with Gasteiger partial charge in [0, 0.05) is 24.2 Å². The summed E-state index contributed by atoms with van der Waals surface area (Å²) in [4.78, 5) is 24.5. The summed E-state index contributed by atoms with van der Waals surface area (Å²) in [5, 5.41) is 11.3. The van der Waals surface area contributed by atoms with Crippen molar-refractivity contribution in [2.24, 2.45) is 11.1 Å². The fourth-order valence-corrected chi connectivity index (χ4v) is 2.54. The molecule has 1 aromatic carbocycles. The van der Waals surface area contributed by atoms with Crippen LogP contribution in [0.4, 0.5) is 5.69 Å². The minimum atomic E-state index is -0.586. The van der Waals surface area contributed by atoms with Crippen molar-refractivity contribution in [3.8, 4) is 0 Å². The van der Waals surface area contributed by atoms with E-state index >= 15 is 0 Å². The molecular weight excluding hydrogens is 317 g/mol. The molecule has 2 rings (SSSR count). The highest BCUT2D eigenvalue weighted by Gasteiger charge is 2.36. The van der Waals surface area contributed by atoms with Crippen molar-refractivity contribution >= 4 is 35.6 Å². The zero-order chi connectivity index (χ0) is 14.9. The number of nitro benzene ring substituents is 1. The van der Waals surface area contributed by atoms with Crippen LogP contribution in [0.2, 0.25) is 5.02 Å². The SMILES string of the molecule is CC1(CN)CCN(C(=O)c2ccc(Cl)cc2[N+](=O)[O-])C1.Cl. The van der Waals surface area contributed by atoms with Crippen LogP contribution < -0.4 is 5.73 Å². The van der Waals surface area contributed by atoms with E-state index in [1.165, 1.54) is 18.2 Å². The first-order chi connectivity index (χ1) is 9.36. The molecule has 0 spiro atoms. The fourth-order valence-electron chi connectivity index (χ4n) is 2.37. The van der Waals surface area contributed by atoms with E-state index in [1.54, 1.807) is 4.90 Å². The van der Waals surface area contributed by atoms with Gasteiger partial charge in [-0.3, -0.25) is 14.9 Å². The van der Waals surface area contributed by atoms with Gasteiger partial charge in [-0.05, 0) is 30.5 Å². The van der Waals surface area contributed by atoms with Crippen molar-refractivity contribution in [2.45, 2.75) is 13.3 Å². The van der Waals surface area contributed by atoms with Crippen molar-refractivity contribution in [3.63, 3.8) is 0 Å². The molecule has 1 aliphatic rings. The van der Waals surface area contributed by atoms with Gasteiger partial charge in [-0.25, -0.2) is 0 Å². The fraction of sp³-hybridized carbons (Fsp3) is 0.462. The van der Waals surface area contributed by atoms with Gasteiger partial charge in [0.15, 0.2) is 0 Å². The minimum Gasteiger partial charge on any atom is -0.338 e. The Balaban J connectivity index is 0.00000220. The Morgan fingerprint density at radius 1 is 1.57 bits per heavy atom. The Kier molecular flexibility index (Phi) is 5.55. The predicted molar refractivity (Wildman–Crippen MR) is 83.0 cm³/mol. The first-order valence-electron chi connectivity index (χ1n) is 6.29. The number of nitrogens with zero attached hydrogens (tertiary/aromatic N) is 2. The monoisotopic (exact) mass is 333 g/mol. The molecule has 1 unspecified atom stereocenters. The van der Waals surface area contributed by atoms with Crippen LogP contribution in [0, 0.1) is 15.5 Å². The van der Waals surface area contributed by atoms with Gasteiger partial charge in [-0.2, -0.15) is 0 Å². The number of nitro groups is 1. The average molecular weight is 334 g/mol. The molecule has 8 heteroatoms. The van der Waals surface area contributed by atoms with E-state index in [0.29, 0.717) is 19.6 Å². The lowest BCUT2D eigenvalue weighted by atomic mass is 9.90. The molecule has 1 amide bonds. The van der Waals surface area contributed by atoms with Gasteiger partial charge in [0.25, 0.3) is 11.6 Å². The second-order valence-corrected chi connectivity index (χ2v) is 5.85. The number of nitrogens with two attached hydrogens (primary N) is 1. The quantitative estimate of drug-likeness (QED) is 0.679. The third kappa shape index (κ3) is 3.64. The van der Waals surface area contributed by atoms with E-state index in [9.17, 15) is 14.9 Å². The van der Waals surface area contributed by atoms with Crippen LogP contribution in [0.1, 0.15) is 23.7 Å². The van der Waals surface area contributed by atoms with Gasteiger partial charge < -0.3 is 10.6 Å². The van der Waals surface area contributed by atoms with Crippen molar-refractivity contribution in [1.29, 1.82) is 0 Å². The maximum absolute atomic E-state index is 12.4. The van der Waals surface area contributed by atoms with Gasteiger partial charge in [0.1, 0.15) is 5.56 Å². The summed E-state index contributed by atoms with van der Waals surface area (Å²) in [5.41, 5.74) is 5.40. The average Bonchev–Trinajstić information content (AvgIpc) is 2.81. The standard InChI is InChI=1S/C13H16ClN3O3.ClH/c1-13(7-15)4-5-16(8-13)12(18)10-3-2-9(14)6-11(10)17(19)20;/h2-3,6H,4-5,7-8,15H2,1H3;1H. The molecule has 6 nitrogen and oxygen atoms in total. The molecule has 1 aliphatic heterocycles. The molecule has 0 aromatic heterocycles. The highest BCUT2D eigenvalue weighted by atomic mass is 35.5. The molecule has 1 atom stereocenters. The first-order valence-corrected chi connectivity index (χ1v) is 6.67. The van der Waals surface area contributed by atoms with Crippen LogP contribution in [0.3, 0.4) is 0 Å². The summed E-state index contributed by atoms with van der Waals surface area (Å²) >= 11 is 5.75. The molecule has 1 fully saturated rings. The molecule has 0 bridgehead atoms. The number of rotatable bonds is 3. The number of halogens is 2. The molecule has 2 N–H and O–H groups in total. The number of likely N-dealkylation sites (tertiary alicyclic amines) is 1. The van der Waals surface area contributed by atoms with Crippen molar-refractivity contribution in [3.05, 3.63) is 38.9 Å². The summed E-state index contributed by atoms with van der Waals surface area (Å²) in [5.74, 6) is -0.342. The van der Waals surface area contributed by atoms with Crippen LogP contribution in [0.25, 0.3) is 0 Å². The summed E-state index contributed by atoms with van der Waals surface area (Å²) in [7, 11) is 0. The third-order valence-corrected chi connectivity index (χ3v) is 3.96. The number of hydrogen-bond acceptors (Lipinski definition) is 4. The Labute approximate surface area is 133 Å². The van der Waals surface area contributed by atoms with E-state index < -0.39 is 4.92 Å². The Bertz CT molecular complexity index is 568. The maximum Gasteiger partial charge on any atom is 0.283 e.